The second-order valence-corrected chi connectivity index (χ2v) is 6.27. The molecule has 0 bridgehead atoms. The zero-order valence-electron chi connectivity index (χ0n) is 12.7. The molecule has 0 atom stereocenters. The molecule has 0 aliphatic rings. The van der Waals surface area contributed by atoms with E-state index in [0.717, 1.165) is 12.2 Å². The van der Waals surface area contributed by atoms with Gasteiger partial charge in [0.25, 0.3) is 0 Å². The van der Waals surface area contributed by atoms with Crippen LogP contribution in [0.2, 0.25) is 0 Å². The van der Waals surface area contributed by atoms with Crippen LogP contribution in [0.4, 0.5) is 0 Å². The summed E-state index contributed by atoms with van der Waals surface area (Å²) in [6.45, 7) is 8.75. The van der Waals surface area contributed by atoms with E-state index in [4.69, 9.17) is 0 Å². The van der Waals surface area contributed by atoms with Crippen molar-refractivity contribution >= 4 is 11.8 Å². The molecule has 0 aliphatic carbocycles. The zero-order chi connectivity index (χ0) is 14.1. The summed E-state index contributed by atoms with van der Waals surface area (Å²) < 4.78 is 0. The Morgan fingerprint density at radius 2 is 1.74 bits per heavy atom. The molecule has 0 aliphatic heterocycles. The normalized spacial score (nSPS) is 11.5. The highest BCUT2D eigenvalue weighted by Crippen LogP contribution is 2.19. The van der Waals surface area contributed by atoms with Crippen LogP contribution >= 0.6 is 11.8 Å². The Labute approximate surface area is 123 Å². The van der Waals surface area contributed by atoms with Crippen molar-refractivity contribution in [3.05, 3.63) is 53.1 Å². The number of aryl methyl sites for hydroxylation is 1. The van der Waals surface area contributed by atoms with E-state index in [-0.39, 0.29) is 0 Å². The number of benzene rings is 1. The van der Waals surface area contributed by atoms with Gasteiger partial charge < -0.3 is 0 Å². The Hall–Kier alpha value is -0.950. The molecule has 0 saturated carbocycles. The molecule has 0 amide bonds. The molecule has 0 spiro atoms. The van der Waals surface area contributed by atoms with Gasteiger partial charge in [0, 0.05) is 10.6 Å². The van der Waals surface area contributed by atoms with Crippen molar-refractivity contribution in [3.8, 4) is 0 Å². The van der Waals surface area contributed by atoms with E-state index < -0.39 is 0 Å². The van der Waals surface area contributed by atoms with Gasteiger partial charge in [-0.05, 0) is 57.7 Å². The lowest BCUT2D eigenvalue weighted by molar-refractivity contribution is 0.964. The molecule has 1 aromatic carbocycles. The fraction of sp³-hybridized carbons (Fsp3) is 0.444. The summed E-state index contributed by atoms with van der Waals surface area (Å²) in [6, 6.07) is 8.92. The molecule has 1 heteroatoms. The van der Waals surface area contributed by atoms with Gasteiger partial charge in [0.2, 0.25) is 0 Å². The van der Waals surface area contributed by atoms with E-state index in [1.54, 1.807) is 0 Å². The molecule has 0 saturated heterocycles. The Balaban J connectivity index is 2.33. The Morgan fingerprint density at radius 3 is 2.32 bits per heavy atom. The predicted molar refractivity (Wildman–Crippen MR) is 89.0 cm³/mol. The molecule has 0 fully saturated rings. The monoisotopic (exact) mass is 274 g/mol. The molecule has 104 valence electrons. The molecule has 1 aromatic rings. The van der Waals surface area contributed by atoms with Gasteiger partial charge in [-0.15, -0.1) is 11.8 Å². The van der Waals surface area contributed by atoms with Crippen LogP contribution in [-0.4, -0.2) is 5.75 Å². The van der Waals surface area contributed by atoms with Crippen LogP contribution in [-0.2, 0) is 6.42 Å². The fourth-order valence-electron chi connectivity index (χ4n) is 1.79. The topological polar surface area (TPSA) is 0 Å². The number of allylic oxidation sites excluding steroid dienone is 3. The van der Waals surface area contributed by atoms with E-state index in [1.165, 1.54) is 34.4 Å². The van der Waals surface area contributed by atoms with Crippen molar-refractivity contribution < 1.29 is 0 Å². The first-order valence-corrected chi connectivity index (χ1v) is 8.11. The van der Waals surface area contributed by atoms with Crippen LogP contribution in [0.25, 0.3) is 0 Å². The third kappa shape index (κ3) is 7.27. The second kappa shape index (κ2) is 9.03. The molecule has 0 heterocycles. The number of hydrogen-bond acceptors (Lipinski definition) is 1. The lowest BCUT2D eigenvalue weighted by Crippen LogP contribution is -1.82. The standard InChI is InChI=1S/C18H26S/c1-5-17-9-11-18(12-10-17)19-14-13-16(4)8-6-7-15(2)3/h7,9-13H,5-6,8,14H2,1-4H3/b16-13+. The molecule has 19 heavy (non-hydrogen) atoms. The van der Waals surface area contributed by atoms with Crippen molar-refractivity contribution in [1.29, 1.82) is 0 Å². The van der Waals surface area contributed by atoms with Gasteiger partial charge in [-0.3, -0.25) is 0 Å². The third-order valence-electron chi connectivity index (χ3n) is 3.10. The summed E-state index contributed by atoms with van der Waals surface area (Å²) >= 11 is 1.92. The predicted octanol–water partition coefficient (Wildman–Crippen LogP) is 6.03. The minimum Gasteiger partial charge on any atom is -0.122 e. The maximum atomic E-state index is 2.36. The summed E-state index contributed by atoms with van der Waals surface area (Å²) in [5.41, 5.74) is 4.33. The van der Waals surface area contributed by atoms with Crippen LogP contribution in [0.15, 0.2) is 52.5 Å². The van der Waals surface area contributed by atoms with Crippen molar-refractivity contribution in [2.45, 2.75) is 51.9 Å². The molecule has 0 aromatic heterocycles. The number of hydrogen-bond donors (Lipinski definition) is 0. The maximum absolute atomic E-state index is 2.36. The van der Waals surface area contributed by atoms with Crippen molar-refractivity contribution in [2.24, 2.45) is 0 Å². The summed E-state index contributed by atoms with van der Waals surface area (Å²) in [7, 11) is 0. The van der Waals surface area contributed by atoms with Crippen LogP contribution in [0.3, 0.4) is 0 Å². The van der Waals surface area contributed by atoms with Crippen LogP contribution in [0, 0.1) is 0 Å². The first-order chi connectivity index (χ1) is 9.11. The van der Waals surface area contributed by atoms with Crippen LogP contribution < -0.4 is 0 Å². The van der Waals surface area contributed by atoms with Gasteiger partial charge in [0.05, 0.1) is 0 Å². The lowest BCUT2D eigenvalue weighted by Gasteiger charge is -2.02. The number of rotatable bonds is 7. The maximum Gasteiger partial charge on any atom is 0.0163 e. The molecule has 0 radical (unpaired) electrons. The smallest absolute Gasteiger partial charge is 0.0163 e. The largest absolute Gasteiger partial charge is 0.122 e. The third-order valence-corrected chi connectivity index (χ3v) is 4.04. The van der Waals surface area contributed by atoms with E-state index in [0.29, 0.717) is 0 Å². The Morgan fingerprint density at radius 1 is 1.05 bits per heavy atom. The molecule has 0 nitrogen and oxygen atoms in total. The van der Waals surface area contributed by atoms with E-state index in [2.05, 4.69) is 64.1 Å². The van der Waals surface area contributed by atoms with Gasteiger partial charge in [0.1, 0.15) is 0 Å². The zero-order valence-corrected chi connectivity index (χ0v) is 13.5. The quantitative estimate of drug-likeness (QED) is 0.432. The minimum absolute atomic E-state index is 1.08. The fourth-order valence-corrected chi connectivity index (χ4v) is 2.68. The highest BCUT2D eigenvalue weighted by molar-refractivity contribution is 7.99. The highest BCUT2D eigenvalue weighted by atomic mass is 32.2. The average molecular weight is 274 g/mol. The van der Waals surface area contributed by atoms with Gasteiger partial charge >= 0.3 is 0 Å². The van der Waals surface area contributed by atoms with E-state index in [1.807, 2.05) is 11.8 Å². The lowest BCUT2D eigenvalue weighted by atomic mass is 10.1. The highest BCUT2D eigenvalue weighted by Gasteiger charge is 1.94. The second-order valence-electron chi connectivity index (χ2n) is 5.18. The summed E-state index contributed by atoms with van der Waals surface area (Å²) in [4.78, 5) is 1.37. The van der Waals surface area contributed by atoms with Crippen molar-refractivity contribution in [2.75, 3.05) is 5.75 Å². The summed E-state index contributed by atoms with van der Waals surface area (Å²) in [5, 5.41) is 0. The molecule has 0 N–H and O–H groups in total. The SMILES string of the molecule is CCc1ccc(SC/C=C(\C)CCC=C(C)C)cc1. The first-order valence-electron chi connectivity index (χ1n) is 7.12. The Bertz CT molecular complexity index is 420. The van der Waals surface area contributed by atoms with Crippen LogP contribution in [0.5, 0.6) is 0 Å². The minimum atomic E-state index is 1.08. The van der Waals surface area contributed by atoms with Gasteiger partial charge in [-0.2, -0.15) is 0 Å². The molecular weight excluding hydrogens is 248 g/mol. The van der Waals surface area contributed by atoms with Gasteiger partial charge in [0.15, 0.2) is 0 Å². The van der Waals surface area contributed by atoms with Gasteiger partial charge in [-0.1, -0.05) is 42.4 Å². The Kier molecular flexibility index (Phi) is 7.66. The van der Waals surface area contributed by atoms with Crippen molar-refractivity contribution in [3.63, 3.8) is 0 Å². The van der Waals surface area contributed by atoms with Gasteiger partial charge in [-0.25, -0.2) is 0 Å². The molecule has 1 rings (SSSR count). The van der Waals surface area contributed by atoms with E-state index >= 15 is 0 Å². The van der Waals surface area contributed by atoms with Crippen LogP contribution in [0.1, 0.15) is 46.1 Å². The molecular formula is C18H26S. The summed E-state index contributed by atoms with van der Waals surface area (Å²) in [6.07, 6.45) is 8.14. The first kappa shape index (κ1) is 16.1. The average Bonchev–Trinajstić information content (AvgIpc) is 2.39. The van der Waals surface area contributed by atoms with Crippen molar-refractivity contribution in [1.82, 2.24) is 0 Å². The molecule has 0 unspecified atom stereocenters. The van der Waals surface area contributed by atoms with E-state index in [9.17, 15) is 0 Å². The number of thioether (sulfide) groups is 1. The summed E-state index contributed by atoms with van der Waals surface area (Å²) in [5.74, 6) is 1.08.